The molecule has 0 saturated carbocycles. The molecule has 3 atom stereocenters. The zero-order valence-electron chi connectivity index (χ0n) is 23.7. The Morgan fingerprint density at radius 1 is 1.07 bits per heavy atom. The lowest BCUT2D eigenvalue weighted by molar-refractivity contribution is -0.118. The first-order chi connectivity index (χ1) is 19.7. The number of amides is 2. The third kappa shape index (κ3) is 8.10. The zero-order valence-corrected chi connectivity index (χ0v) is 24.4. The molecule has 2 fully saturated rings. The molecule has 11 nitrogen and oxygen atoms in total. The van der Waals surface area contributed by atoms with Gasteiger partial charge in [0.1, 0.15) is 11.9 Å². The van der Waals surface area contributed by atoms with Gasteiger partial charge in [-0.3, -0.25) is 14.5 Å². The molecule has 2 saturated heterocycles. The van der Waals surface area contributed by atoms with Crippen LogP contribution in [-0.4, -0.2) is 99.8 Å². The lowest BCUT2D eigenvalue weighted by atomic mass is 10.0. The maximum Gasteiger partial charge on any atom is 0.338 e. The van der Waals surface area contributed by atoms with Gasteiger partial charge in [0.15, 0.2) is 0 Å². The Labute approximate surface area is 245 Å². The van der Waals surface area contributed by atoms with Crippen molar-refractivity contribution >= 4 is 40.8 Å². The van der Waals surface area contributed by atoms with E-state index in [1.807, 2.05) is 11.9 Å². The SMILES string of the molecule is COc1cc(N)c(Cl)cc1C(=O)N[C@@H]1CCN(CC(=O)Nc2ccc(C(=O)OC3CCCN(C)C3)cc2)C[C@@H]1OC. The van der Waals surface area contributed by atoms with Crippen LogP contribution in [0.25, 0.3) is 0 Å². The van der Waals surface area contributed by atoms with Crippen molar-refractivity contribution in [2.75, 3.05) is 65.0 Å². The lowest BCUT2D eigenvalue weighted by Gasteiger charge is -2.37. The van der Waals surface area contributed by atoms with Gasteiger partial charge in [-0.25, -0.2) is 4.79 Å². The van der Waals surface area contributed by atoms with E-state index in [2.05, 4.69) is 15.5 Å². The maximum absolute atomic E-state index is 13.0. The molecule has 41 heavy (non-hydrogen) atoms. The average molecular weight is 588 g/mol. The van der Waals surface area contributed by atoms with Crippen LogP contribution in [-0.2, 0) is 14.3 Å². The highest BCUT2D eigenvalue weighted by molar-refractivity contribution is 6.33. The van der Waals surface area contributed by atoms with E-state index in [0.29, 0.717) is 42.2 Å². The predicted molar refractivity (Wildman–Crippen MR) is 157 cm³/mol. The minimum Gasteiger partial charge on any atom is -0.496 e. The average Bonchev–Trinajstić information content (AvgIpc) is 2.95. The molecular weight excluding hydrogens is 550 g/mol. The predicted octanol–water partition coefficient (Wildman–Crippen LogP) is 2.64. The Kier molecular flexibility index (Phi) is 10.4. The number of carbonyl (C=O) groups is 3. The molecule has 2 aromatic rings. The molecule has 2 heterocycles. The molecule has 0 radical (unpaired) electrons. The number of likely N-dealkylation sites (N-methyl/N-ethyl adjacent to an activating group) is 1. The normalized spacial score (nSPS) is 21.6. The molecule has 222 valence electrons. The highest BCUT2D eigenvalue weighted by Crippen LogP contribution is 2.29. The smallest absolute Gasteiger partial charge is 0.338 e. The number of nitrogens with one attached hydrogen (secondary N) is 2. The van der Waals surface area contributed by atoms with Crippen LogP contribution in [0, 0.1) is 0 Å². The summed E-state index contributed by atoms with van der Waals surface area (Å²) >= 11 is 6.12. The molecule has 2 aliphatic rings. The molecule has 2 amide bonds. The number of rotatable bonds is 9. The number of anilines is 2. The third-order valence-corrected chi connectivity index (χ3v) is 7.78. The zero-order chi connectivity index (χ0) is 29.5. The minimum atomic E-state index is -0.360. The van der Waals surface area contributed by atoms with E-state index in [-0.39, 0.29) is 53.2 Å². The number of methoxy groups -OCH3 is 2. The summed E-state index contributed by atoms with van der Waals surface area (Å²) in [5.74, 6) is -0.569. The van der Waals surface area contributed by atoms with E-state index >= 15 is 0 Å². The summed E-state index contributed by atoms with van der Waals surface area (Å²) in [4.78, 5) is 42.4. The Balaban J connectivity index is 1.26. The van der Waals surface area contributed by atoms with Crippen LogP contribution in [0.5, 0.6) is 5.75 Å². The molecule has 12 heteroatoms. The largest absolute Gasteiger partial charge is 0.496 e. The first-order valence-corrected chi connectivity index (χ1v) is 14.0. The minimum absolute atomic E-state index is 0.104. The first-order valence-electron chi connectivity index (χ1n) is 13.6. The van der Waals surface area contributed by atoms with Gasteiger partial charge >= 0.3 is 5.97 Å². The van der Waals surface area contributed by atoms with E-state index in [0.717, 1.165) is 25.9 Å². The Morgan fingerprint density at radius 3 is 2.51 bits per heavy atom. The second-order valence-electron chi connectivity index (χ2n) is 10.5. The molecule has 2 aliphatic heterocycles. The van der Waals surface area contributed by atoms with E-state index in [9.17, 15) is 14.4 Å². The quantitative estimate of drug-likeness (QED) is 0.299. The van der Waals surface area contributed by atoms with E-state index in [4.69, 9.17) is 31.5 Å². The molecule has 0 aromatic heterocycles. The van der Waals surface area contributed by atoms with Crippen LogP contribution in [0.1, 0.15) is 40.0 Å². The van der Waals surface area contributed by atoms with Crippen molar-refractivity contribution in [3.05, 3.63) is 52.5 Å². The van der Waals surface area contributed by atoms with Gasteiger partial charge in [-0.1, -0.05) is 11.6 Å². The number of carbonyl (C=O) groups excluding carboxylic acids is 3. The Morgan fingerprint density at radius 2 is 1.83 bits per heavy atom. The van der Waals surface area contributed by atoms with Crippen molar-refractivity contribution in [1.29, 1.82) is 0 Å². The number of ether oxygens (including phenoxy) is 3. The van der Waals surface area contributed by atoms with Gasteiger partial charge in [-0.15, -0.1) is 0 Å². The standard InChI is InChI=1S/C29H38ClN5O6/c1-34-11-4-5-20(15-34)41-29(38)18-6-8-19(9-7-18)32-27(36)17-35-12-10-24(26(16-35)40-3)33-28(37)21-13-22(30)23(31)14-25(21)39-2/h6-9,13-14,20,24,26H,4-5,10-12,15-17,31H2,1-3H3,(H,32,36)(H,33,37)/t20?,24-,26+/m1/s1. The summed E-state index contributed by atoms with van der Waals surface area (Å²) in [6.45, 7) is 2.94. The van der Waals surface area contributed by atoms with Gasteiger partial charge in [0.25, 0.3) is 5.91 Å². The van der Waals surface area contributed by atoms with E-state index in [1.54, 1.807) is 31.4 Å². The second kappa shape index (κ2) is 14.0. The summed E-state index contributed by atoms with van der Waals surface area (Å²) in [6.07, 6.45) is 2.02. The van der Waals surface area contributed by atoms with Crippen LogP contribution < -0.4 is 21.1 Å². The van der Waals surface area contributed by atoms with Gasteiger partial charge in [-0.05, 0) is 63.2 Å². The van der Waals surface area contributed by atoms with Gasteiger partial charge in [-0.2, -0.15) is 0 Å². The van der Waals surface area contributed by atoms with Gasteiger partial charge in [0.05, 0.1) is 47.6 Å². The highest BCUT2D eigenvalue weighted by Gasteiger charge is 2.32. The van der Waals surface area contributed by atoms with Crippen molar-refractivity contribution in [1.82, 2.24) is 15.1 Å². The summed E-state index contributed by atoms with van der Waals surface area (Å²) < 4.78 is 16.6. The summed E-state index contributed by atoms with van der Waals surface area (Å²) in [5, 5.41) is 6.14. The molecule has 1 unspecified atom stereocenters. The van der Waals surface area contributed by atoms with Gasteiger partial charge < -0.3 is 35.5 Å². The number of nitrogens with zero attached hydrogens (tertiary/aromatic N) is 2. The van der Waals surface area contributed by atoms with Crippen LogP contribution in [0.4, 0.5) is 11.4 Å². The maximum atomic E-state index is 13.0. The van der Waals surface area contributed by atoms with Crippen molar-refractivity contribution < 1.29 is 28.6 Å². The van der Waals surface area contributed by atoms with Crippen molar-refractivity contribution in [3.8, 4) is 5.75 Å². The van der Waals surface area contributed by atoms with Crippen molar-refractivity contribution in [3.63, 3.8) is 0 Å². The van der Waals surface area contributed by atoms with Gasteiger partial charge in [0, 0.05) is 38.5 Å². The highest BCUT2D eigenvalue weighted by atomic mass is 35.5. The fourth-order valence-electron chi connectivity index (χ4n) is 5.22. The number of nitrogens with two attached hydrogens (primary N) is 1. The van der Waals surface area contributed by atoms with Crippen LogP contribution in [0.15, 0.2) is 36.4 Å². The summed E-state index contributed by atoms with van der Waals surface area (Å²) in [7, 11) is 5.05. The number of piperidine rings is 2. The number of halogens is 1. The van der Waals surface area contributed by atoms with E-state index in [1.165, 1.54) is 19.2 Å². The number of hydrogen-bond donors (Lipinski definition) is 3. The molecule has 0 bridgehead atoms. The topological polar surface area (TPSA) is 135 Å². The van der Waals surface area contributed by atoms with Crippen LogP contribution >= 0.6 is 11.6 Å². The lowest BCUT2D eigenvalue weighted by Crippen LogP contribution is -2.55. The van der Waals surface area contributed by atoms with Crippen LogP contribution in [0.2, 0.25) is 5.02 Å². The molecular formula is C29H38ClN5O6. The molecule has 0 aliphatic carbocycles. The number of hydrogen-bond acceptors (Lipinski definition) is 9. The third-order valence-electron chi connectivity index (χ3n) is 7.45. The number of benzene rings is 2. The number of likely N-dealkylation sites (tertiary alicyclic amines) is 2. The molecule has 4 rings (SSSR count). The van der Waals surface area contributed by atoms with Crippen molar-refractivity contribution in [2.45, 2.75) is 37.5 Å². The summed E-state index contributed by atoms with van der Waals surface area (Å²) in [5.41, 5.74) is 7.47. The molecule has 4 N–H and O–H groups in total. The fraction of sp³-hybridized carbons (Fsp3) is 0.483. The second-order valence-corrected chi connectivity index (χ2v) is 10.9. The number of esters is 1. The van der Waals surface area contributed by atoms with E-state index < -0.39 is 0 Å². The number of nitrogen functional groups attached to an aromatic ring is 1. The van der Waals surface area contributed by atoms with Gasteiger partial charge in [0.2, 0.25) is 5.91 Å². The Hall–Kier alpha value is -3.38. The first kappa shape index (κ1) is 30.6. The van der Waals surface area contributed by atoms with Crippen molar-refractivity contribution in [2.24, 2.45) is 0 Å². The molecule has 2 aromatic carbocycles. The van der Waals surface area contributed by atoms with Crippen LogP contribution in [0.3, 0.4) is 0 Å². The Bertz CT molecular complexity index is 1240. The molecule has 0 spiro atoms. The monoisotopic (exact) mass is 587 g/mol. The summed E-state index contributed by atoms with van der Waals surface area (Å²) in [6, 6.07) is 9.43. The fourth-order valence-corrected chi connectivity index (χ4v) is 5.38.